The van der Waals surface area contributed by atoms with Crippen LogP contribution in [0.1, 0.15) is 57.3 Å². The second kappa shape index (κ2) is 9.52. The van der Waals surface area contributed by atoms with Crippen molar-refractivity contribution in [1.29, 1.82) is 0 Å². The van der Waals surface area contributed by atoms with E-state index in [1.807, 2.05) is 13.8 Å². The average Bonchev–Trinajstić information content (AvgIpc) is 2.66. The van der Waals surface area contributed by atoms with Crippen LogP contribution in [0.4, 0.5) is 0 Å². The first-order valence-electron chi connectivity index (χ1n) is 9.80. The lowest BCUT2D eigenvalue weighted by molar-refractivity contribution is -0.140. The van der Waals surface area contributed by atoms with E-state index in [2.05, 4.69) is 0 Å². The maximum atomic E-state index is 12.6. The second-order valence-corrected chi connectivity index (χ2v) is 9.06. The molecule has 1 amide bonds. The van der Waals surface area contributed by atoms with Crippen molar-refractivity contribution in [3.63, 3.8) is 0 Å². The quantitative estimate of drug-likeness (QED) is 0.645. The Morgan fingerprint density at radius 2 is 1.75 bits per heavy atom. The van der Waals surface area contributed by atoms with Crippen molar-refractivity contribution in [3.05, 3.63) is 29.8 Å². The molecule has 0 radical (unpaired) electrons. The van der Waals surface area contributed by atoms with Gasteiger partial charge < -0.3 is 9.64 Å². The topological polar surface area (TPSA) is 84.0 Å². The lowest BCUT2D eigenvalue weighted by Gasteiger charge is -2.38. The third kappa shape index (κ3) is 4.91. The van der Waals surface area contributed by atoms with Gasteiger partial charge in [0.2, 0.25) is 10.0 Å². The van der Waals surface area contributed by atoms with Gasteiger partial charge >= 0.3 is 5.97 Å². The number of benzene rings is 1. The average molecular weight is 411 g/mol. The normalized spacial score (nSPS) is 20.2. The van der Waals surface area contributed by atoms with Crippen LogP contribution in [-0.2, 0) is 19.6 Å². The van der Waals surface area contributed by atoms with E-state index in [1.54, 1.807) is 18.7 Å². The van der Waals surface area contributed by atoms with E-state index in [0.29, 0.717) is 13.1 Å². The van der Waals surface area contributed by atoms with Gasteiger partial charge in [-0.05, 0) is 51.3 Å². The molecular weight excluding hydrogens is 380 g/mol. The molecule has 1 aromatic carbocycles. The van der Waals surface area contributed by atoms with Gasteiger partial charge in [0.1, 0.15) is 0 Å². The molecule has 0 unspecified atom stereocenters. The predicted octanol–water partition coefficient (Wildman–Crippen LogP) is 2.66. The Morgan fingerprint density at radius 3 is 2.32 bits per heavy atom. The van der Waals surface area contributed by atoms with Gasteiger partial charge in [-0.1, -0.05) is 19.9 Å². The number of piperidine rings is 1. The molecule has 7 nitrogen and oxygen atoms in total. The number of rotatable bonds is 7. The summed E-state index contributed by atoms with van der Waals surface area (Å²) >= 11 is 0. The molecule has 0 spiro atoms. The van der Waals surface area contributed by atoms with Gasteiger partial charge in [0, 0.05) is 25.2 Å². The van der Waals surface area contributed by atoms with Crippen molar-refractivity contribution in [2.24, 2.45) is 0 Å². The first kappa shape index (κ1) is 22.4. The van der Waals surface area contributed by atoms with Crippen molar-refractivity contribution in [3.8, 4) is 0 Å². The minimum Gasteiger partial charge on any atom is -0.452 e. The third-order valence-electron chi connectivity index (χ3n) is 5.22. The van der Waals surface area contributed by atoms with E-state index < -0.39 is 16.0 Å². The lowest BCUT2D eigenvalue weighted by Crippen LogP contribution is -2.49. The number of ether oxygens (including phenoxy) is 1. The highest BCUT2D eigenvalue weighted by Crippen LogP contribution is 2.23. The van der Waals surface area contributed by atoms with Gasteiger partial charge in [0.05, 0.1) is 10.5 Å². The Bertz CT molecular complexity index is 795. The zero-order chi connectivity index (χ0) is 20.9. The minimum atomic E-state index is -3.67. The van der Waals surface area contributed by atoms with Crippen molar-refractivity contribution in [2.45, 2.75) is 63.9 Å². The molecule has 2 rings (SSSR count). The van der Waals surface area contributed by atoms with E-state index in [1.165, 1.54) is 28.6 Å². The summed E-state index contributed by atoms with van der Waals surface area (Å²) in [5, 5.41) is 0. The predicted molar refractivity (Wildman–Crippen MR) is 106 cm³/mol. The van der Waals surface area contributed by atoms with Crippen LogP contribution in [0.2, 0.25) is 0 Å². The summed E-state index contributed by atoms with van der Waals surface area (Å²) in [5.41, 5.74) is 0.112. The van der Waals surface area contributed by atoms with Gasteiger partial charge in [-0.25, -0.2) is 13.2 Å². The highest BCUT2D eigenvalue weighted by molar-refractivity contribution is 7.89. The molecule has 0 saturated carbocycles. The summed E-state index contributed by atoms with van der Waals surface area (Å²) in [6.45, 7) is 7.84. The minimum absolute atomic E-state index is 0.0373. The lowest BCUT2D eigenvalue weighted by atomic mass is 9.97. The number of amides is 1. The molecule has 8 heteroatoms. The molecule has 28 heavy (non-hydrogen) atoms. The van der Waals surface area contributed by atoms with E-state index >= 15 is 0 Å². The third-order valence-corrected chi connectivity index (χ3v) is 7.27. The van der Waals surface area contributed by atoms with E-state index in [9.17, 15) is 18.0 Å². The van der Waals surface area contributed by atoms with Crippen molar-refractivity contribution < 1.29 is 22.7 Å². The summed E-state index contributed by atoms with van der Waals surface area (Å²) in [6.07, 6.45) is 2.96. The van der Waals surface area contributed by atoms with Crippen LogP contribution in [0.15, 0.2) is 29.2 Å². The smallest absolute Gasteiger partial charge is 0.338 e. The summed E-state index contributed by atoms with van der Waals surface area (Å²) in [7, 11) is -3.67. The number of sulfonamides is 1. The Kier molecular flexibility index (Phi) is 7.60. The number of hydrogen-bond donors (Lipinski definition) is 0. The van der Waals surface area contributed by atoms with Gasteiger partial charge in [-0.15, -0.1) is 0 Å². The molecule has 156 valence electrons. The summed E-state index contributed by atoms with van der Waals surface area (Å²) in [4.78, 5) is 26.7. The van der Waals surface area contributed by atoms with Crippen molar-refractivity contribution in [2.75, 3.05) is 19.7 Å². The highest BCUT2D eigenvalue weighted by atomic mass is 32.2. The number of carbonyl (C=O) groups excluding carboxylic acids is 2. The highest BCUT2D eigenvalue weighted by Gasteiger charge is 2.29. The molecule has 1 fully saturated rings. The van der Waals surface area contributed by atoms with Crippen LogP contribution in [-0.4, -0.2) is 61.3 Å². The zero-order valence-electron chi connectivity index (χ0n) is 17.1. The van der Waals surface area contributed by atoms with Gasteiger partial charge in [-0.2, -0.15) is 4.31 Å². The SMILES string of the molecule is CCN(CC)S(=O)(=O)c1cccc(C(=O)OCC(=O)N2[C@@H](C)CCC[C@@H]2C)c1. The second-order valence-electron chi connectivity index (χ2n) is 7.12. The Balaban J connectivity index is 2.08. The fourth-order valence-electron chi connectivity index (χ4n) is 3.69. The van der Waals surface area contributed by atoms with Gasteiger partial charge in [0.15, 0.2) is 6.61 Å². The van der Waals surface area contributed by atoms with E-state index in [-0.39, 0.29) is 35.1 Å². The molecule has 0 bridgehead atoms. The van der Waals surface area contributed by atoms with E-state index in [4.69, 9.17) is 4.74 Å². The molecule has 1 aliphatic heterocycles. The van der Waals surface area contributed by atoms with Crippen molar-refractivity contribution >= 4 is 21.9 Å². The summed E-state index contributed by atoms with van der Waals surface area (Å²) in [6, 6.07) is 5.98. The molecule has 1 heterocycles. The first-order chi connectivity index (χ1) is 13.2. The molecular formula is C20H30N2O5S. The largest absolute Gasteiger partial charge is 0.452 e. The summed E-state index contributed by atoms with van der Waals surface area (Å²) < 4.78 is 31.8. The summed E-state index contributed by atoms with van der Waals surface area (Å²) in [5.74, 6) is -0.928. The standard InChI is InChI=1S/C20H30N2O5S/c1-5-21(6-2)28(25,26)18-12-8-11-17(13-18)20(24)27-14-19(23)22-15(3)9-7-10-16(22)4/h8,11-13,15-16H,5-7,9-10,14H2,1-4H3/t15-,16-/m0/s1. The molecule has 2 atom stereocenters. The first-order valence-corrected chi connectivity index (χ1v) is 11.2. The van der Waals surface area contributed by atoms with Crippen LogP contribution in [0, 0.1) is 0 Å². The van der Waals surface area contributed by atoms with E-state index in [0.717, 1.165) is 19.3 Å². The monoisotopic (exact) mass is 410 g/mol. The Hall–Kier alpha value is -1.93. The molecule has 1 saturated heterocycles. The fraction of sp³-hybridized carbons (Fsp3) is 0.600. The molecule has 1 aromatic rings. The van der Waals surface area contributed by atoms with Gasteiger partial charge in [0.25, 0.3) is 5.91 Å². The van der Waals surface area contributed by atoms with Gasteiger partial charge in [-0.3, -0.25) is 4.79 Å². The number of carbonyl (C=O) groups is 2. The fourth-order valence-corrected chi connectivity index (χ4v) is 5.20. The molecule has 0 aliphatic carbocycles. The maximum Gasteiger partial charge on any atom is 0.338 e. The molecule has 0 aromatic heterocycles. The van der Waals surface area contributed by atoms with Crippen molar-refractivity contribution in [1.82, 2.24) is 9.21 Å². The Labute approximate surface area is 167 Å². The van der Waals surface area contributed by atoms with Crippen LogP contribution < -0.4 is 0 Å². The molecule has 0 N–H and O–H groups in total. The van der Waals surface area contributed by atoms with Crippen LogP contribution >= 0.6 is 0 Å². The number of nitrogens with zero attached hydrogens (tertiary/aromatic N) is 2. The maximum absolute atomic E-state index is 12.6. The van der Waals surface area contributed by atoms with Crippen LogP contribution in [0.5, 0.6) is 0 Å². The number of hydrogen-bond acceptors (Lipinski definition) is 5. The number of likely N-dealkylation sites (tertiary alicyclic amines) is 1. The zero-order valence-corrected chi connectivity index (χ0v) is 17.9. The van der Waals surface area contributed by atoms with Crippen LogP contribution in [0.25, 0.3) is 0 Å². The molecule has 1 aliphatic rings. The number of esters is 1. The Morgan fingerprint density at radius 1 is 1.14 bits per heavy atom. The van der Waals surface area contributed by atoms with Crippen LogP contribution in [0.3, 0.4) is 0 Å².